The van der Waals surface area contributed by atoms with Crippen LogP contribution in [0.2, 0.25) is 0 Å². The average Bonchev–Trinajstić information content (AvgIpc) is 2.80. The highest BCUT2D eigenvalue weighted by molar-refractivity contribution is 6.18. The molecule has 1 N–H and O–H groups in total. The molecule has 1 aromatic heterocycles. The van der Waals surface area contributed by atoms with Crippen LogP contribution < -0.4 is 5.32 Å². The number of anilines is 1. The van der Waals surface area contributed by atoms with E-state index in [1.54, 1.807) is 0 Å². The van der Waals surface area contributed by atoms with Gasteiger partial charge in [0.1, 0.15) is 0 Å². The second-order valence-electron chi connectivity index (χ2n) is 5.00. The van der Waals surface area contributed by atoms with E-state index in [2.05, 4.69) is 20.5 Å². The van der Waals surface area contributed by atoms with Crippen LogP contribution in [-0.4, -0.2) is 27.6 Å². The first kappa shape index (κ1) is 12.6. The number of halogens is 1. The van der Waals surface area contributed by atoms with Crippen molar-refractivity contribution in [1.29, 1.82) is 0 Å². The molecule has 4 nitrogen and oxygen atoms in total. The highest BCUT2D eigenvalue weighted by Gasteiger charge is 2.32. The van der Waals surface area contributed by atoms with Gasteiger partial charge in [0.2, 0.25) is 5.95 Å². The van der Waals surface area contributed by atoms with Gasteiger partial charge < -0.3 is 5.32 Å². The highest BCUT2D eigenvalue weighted by atomic mass is 35.5. The Balaban J connectivity index is 1.99. The van der Waals surface area contributed by atoms with Gasteiger partial charge in [-0.05, 0) is 26.7 Å². The molecule has 0 radical (unpaired) electrons. The predicted octanol–water partition coefficient (Wildman–Crippen LogP) is 2.70. The summed E-state index contributed by atoms with van der Waals surface area (Å²) in [4.78, 5) is 4.37. The number of rotatable bonds is 4. The second-order valence-corrected chi connectivity index (χ2v) is 5.27. The fraction of sp³-hybridized carbons (Fsp3) is 0.750. The van der Waals surface area contributed by atoms with E-state index >= 15 is 0 Å². The lowest BCUT2D eigenvalue weighted by Gasteiger charge is -2.26. The molecule has 0 saturated heterocycles. The van der Waals surface area contributed by atoms with Crippen LogP contribution in [0.1, 0.15) is 37.1 Å². The number of aromatic nitrogens is 3. The van der Waals surface area contributed by atoms with Gasteiger partial charge in [-0.2, -0.15) is 5.10 Å². The number of nitrogens with one attached hydrogen (secondary N) is 1. The molecule has 1 aliphatic rings. The molecular weight excluding hydrogens is 236 g/mol. The molecule has 0 aliphatic heterocycles. The molecule has 1 heterocycles. The first-order valence-electron chi connectivity index (χ1n) is 6.13. The van der Waals surface area contributed by atoms with Crippen molar-refractivity contribution in [2.45, 2.75) is 39.5 Å². The maximum atomic E-state index is 6.09. The van der Waals surface area contributed by atoms with E-state index in [0.29, 0.717) is 11.8 Å². The van der Waals surface area contributed by atoms with Crippen LogP contribution in [-0.2, 0) is 0 Å². The number of hydrogen-bond donors (Lipinski definition) is 1. The first-order chi connectivity index (χ1) is 8.15. The van der Waals surface area contributed by atoms with Crippen LogP contribution in [0.25, 0.3) is 0 Å². The summed E-state index contributed by atoms with van der Waals surface area (Å²) in [5, 5.41) is 11.4. The number of aryl methyl sites for hydroxylation is 2. The molecule has 0 atom stereocenters. The largest absolute Gasteiger partial charge is 0.352 e. The van der Waals surface area contributed by atoms with Crippen LogP contribution >= 0.6 is 11.6 Å². The SMILES string of the molecule is Cc1nnc(NCC2(CCl)CCCC2)nc1C. The lowest BCUT2D eigenvalue weighted by molar-refractivity contribution is 0.367. The molecule has 1 aromatic rings. The van der Waals surface area contributed by atoms with Crippen LogP contribution in [0.15, 0.2) is 0 Å². The van der Waals surface area contributed by atoms with E-state index in [1.165, 1.54) is 25.7 Å². The summed E-state index contributed by atoms with van der Waals surface area (Å²) in [6.45, 7) is 4.71. The Hall–Kier alpha value is -0.900. The molecule has 5 heteroatoms. The van der Waals surface area contributed by atoms with Crippen molar-refractivity contribution >= 4 is 17.5 Å². The number of alkyl halides is 1. The lowest BCUT2D eigenvalue weighted by atomic mass is 9.89. The Kier molecular flexibility index (Phi) is 3.82. The van der Waals surface area contributed by atoms with Gasteiger partial charge in [-0.3, -0.25) is 0 Å². The van der Waals surface area contributed by atoms with Gasteiger partial charge in [0.25, 0.3) is 0 Å². The Bertz CT molecular complexity index is 388. The number of hydrogen-bond acceptors (Lipinski definition) is 4. The van der Waals surface area contributed by atoms with Crippen LogP contribution in [0.4, 0.5) is 5.95 Å². The summed E-state index contributed by atoms with van der Waals surface area (Å²) in [6.07, 6.45) is 4.95. The van der Waals surface area contributed by atoms with E-state index in [1.807, 2.05) is 13.8 Å². The summed E-state index contributed by atoms with van der Waals surface area (Å²) < 4.78 is 0. The van der Waals surface area contributed by atoms with E-state index in [9.17, 15) is 0 Å². The zero-order valence-corrected chi connectivity index (χ0v) is 11.2. The molecule has 0 amide bonds. The third kappa shape index (κ3) is 2.86. The third-order valence-corrected chi connectivity index (χ3v) is 4.23. The summed E-state index contributed by atoms with van der Waals surface area (Å²) in [5.41, 5.74) is 2.03. The summed E-state index contributed by atoms with van der Waals surface area (Å²) in [7, 11) is 0. The Labute approximate surface area is 107 Å². The molecule has 94 valence electrons. The monoisotopic (exact) mass is 254 g/mol. The standard InChI is InChI=1S/C12H19ClN4/c1-9-10(2)16-17-11(15-9)14-8-12(7-13)5-3-4-6-12/h3-8H2,1-2H3,(H,14,15,17). The quantitative estimate of drug-likeness (QED) is 0.840. The van der Waals surface area contributed by atoms with Gasteiger partial charge in [0, 0.05) is 17.8 Å². The van der Waals surface area contributed by atoms with E-state index in [4.69, 9.17) is 11.6 Å². The summed E-state index contributed by atoms with van der Waals surface area (Å²) >= 11 is 6.09. The molecule has 17 heavy (non-hydrogen) atoms. The van der Waals surface area contributed by atoms with Gasteiger partial charge in [-0.25, -0.2) is 4.98 Å². The minimum atomic E-state index is 0.226. The Morgan fingerprint density at radius 1 is 1.18 bits per heavy atom. The maximum absolute atomic E-state index is 6.09. The van der Waals surface area contributed by atoms with E-state index < -0.39 is 0 Å². The third-order valence-electron chi connectivity index (χ3n) is 3.66. The Morgan fingerprint density at radius 2 is 1.88 bits per heavy atom. The molecule has 0 unspecified atom stereocenters. The van der Waals surface area contributed by atoms with Crippen molar-refractivity contribution in [2.24, 2.45) is 5.41 Å². The molecular formula is C12H19ClN4. The van der Waals surface area contributed by atoms with Gasteiger partial charge in [-0.15, -0.1) is 16.7 Å². The fourth-order valence-electron chi connectivity index (χ4n) is 2.28. The van der Waals surface area contributed by atoms with Crippen LogP contribution in [0.3, 0.4) is 0 Å². The van der Waals surface area contributed by atoms with Gasteiger partial charge in [-0.1, -0.05) is 12.8 Å². The lowest BCUT2D eigenvalue weighted by Crippen LogP contribution is -2.29. The zero-order chi connectivity index (χ0) is 12.3. The number of nitrogens with zero attached hydrogens (tertiary/aromatic N) is 3. The average molecular weight is 255 g/mol. The fourth-order valence-corrected chi connectivity index (χ4v) is 2.64. The first-order valence-corrected chi connectivity index (χ1v) is 6.66. The summed E-state index contributed by atoms with van der Waals surface area (Å²) in [5.74, 6) is 1.32. The van der Waals surface area contributed by atoms with Crippen molar-refractivity contribution in [3.8, 4) is 0 Å². The molecule has 0 bridgehead atoms. The molecule has 0 aromatic carbocycles. The molecule has 1 fully saturated rings. The maximum Gasteiger partial charge on any atom is 0.242 e. The van der Waals surface area contributed by atoms with Gasteiger partial charge in [0.15, 0.2) is 0 Å². The summed E-state index contributed by atoms with van der Waals surface area (Å²) in [6, 6.07) is 0. The van der Waals surface area contributed by atoms with Gasteiger partial charge in [0.05, 0.1) is 11.4 Å². The molecule has 1 aliphatic carbocycles. The van der Waals surface area contributed by atoms with Crippen LogP contribution in [0.5, 0.6) is 0 Å². The Morgan fingerprint density at radius 3 is 2.47 bits per heavy atom. The molecule has 1 saturated carbocycles. The minimum Gasteiger partial charge on any atom is -0.352 e. The minimum absolute atomic E-state index is 0.226. The second kappa shape index (κ2) is 5.17. The van der Waals surface area contributed by atoms with Crippen molar-refractivity contribution in [3.63, 3.8) is 0 Å². The smallest absolute Gasteiger partial charge is 0.242 e. The topological polar surface area (TPSA) is 50.7 Å². The van der Waals surface area contributed by atoms with Crippen LogP contribution in [0, 0.1) is 19.3 Å². The predicted molar refractivity (Wildman–Crippen MR) is 69.4 cm³/mol. The van der Waals surface area contributed by atoms with Crippen molar-refractivity contribution in [3.05, 3.63) is 11.4 Å². The van der Waals surface area contributed by atoms with E-state index in [0.717, 1.165) is 17.9 Å². The van der Waals surface area contributed by atoms with Crippen molar-refractivity contribution in [2.75, 3.05) is 17.7 Å². The normalized spacial score (nSPS) is 18.3. The van der Waals surface area contributed by atoms with E-state index in [-0.39, 0.29) is 5.41 Å². The van der Waals surface area contributed by atoms with Crippen molar-refractivity contribution < 1.29 is 0 Å². The van der Waals surface area contributed by atoms with Crippen molar-refractivity contribution in [1.82, 2.24) is 15.2 Å². The van der Waals surface area contributed by atoms with Gasteiger partial charge >= 0.3 is 0 Å². The molecule has 2 rings (SSSR count). The highest BCUT2D eigenvalue weighted by Crippen LogP contribution is 2.38. The zero-order valence-electron chi connectivity index (χ0n) is 10.5. The molecule has 0 spiro atoms.